The Morgan fingerprint density at radius 3 is 2.20 bits per heavy atom. The smallest absolute Gasteiger partial charge is 0.255 e. The zero-order chi connectivity index (χ0) is 14.9. The van der Waals surface area contributed by atoms with Crippen LogP contribution < -0.4 is 5.32 Å². The lowest BCUT2D eigenvalue weighted by molar-refractivity contribution is 0.102. The lowest BCUT2D eigenvalue weighted by atomic mass is 10.1. The minimum absolute atomic E-state index is 0.252. The molecule has 3 N–H and O–H groups in total. The van der Waals surface area contributed by atoms with Crippen molar-refractivity contribution in [3.05, 3.63) is 51.5 Å². The standard InChI is InChI=1S/C15H14BrNO3/c1-8-5-11(16)6-9(2)14(8)17-15(20)10-3-4-12(18)13(19)7-10/h3-7,18-19H,1-2H3,(H,17,20). The van der Waals surface area contributed by atoms with Crippen LogP contribution in [0.5, 0.6) is 11.5 Å². The normalized spacial score (nSPS) is 10.3. The van der Waals surface area contributed by atoms with Crippen molar-refractivity contribution in [1.82, 2.24) is 0 Å². The topological polar surface area (TPSA) is 69.6 Å². The van der Waals surface area contributed by atoms with Gasteiger partial charge in [0.1, 0.15) is 0 Å². The fraction of sp³-hybridized carbons (Fsp3) is 0.133. The summed E-state index contributed by atoms with van der Waals surface area (Å²) in [6.45, 7) is 3.81. The first-order chi connectivity index (χ1) is 9.38. The Hall–Kier alpha value is -2.01. The molecule has 0 fully saturated rings. The molecule has 0 atom stereocenters. The summed E-state index contributed by atoms with van der Waals surface area (Å²) in [5.74, 6) is -0.909. The number of carbonyl (C=O) groups is 1. The van der Waals surface area contributed by atoms with Crippen molar-refractivity contribution in [3.8, 4) is 11.5 Å². The van der Waals surface area contributed by atoms with Crippen LogP contribution in [0.25, 0.3) is 0 Å². The van der Waals surface area contributed by atoms with Gasteiger partial charge >= 0.3 is 0 Å². The zero-order valence-corrected chi connectivity index (χ0v) is 12.7. The largest absolute Gasteiger partial charge is 0.504 e. The van der Waals surface area contributed by atoms with Crippen LogP contribution in [-0.2, 0) is 0 Å². The van der Waals surface area contributed by atoms with E-state index in [1.54, 1.807) is 0 Å². The number of halogens is 1. The maximum Gasteiger partial charge on any atom is 0.255 e. The molecule has 0 saturated heterocycles. The van der Waals surface area contributed by atoms with E-state index >= 15 is 0 Å². The van der Waals surface area contributed by atoms with E-state index in [9.17, 15) is 15.0 Å². The molecule has 0 aliphatic rings. The molecule has 2 rings (SSSR count). The first-order valence-electron chi connectivity index (χ1n) is 5.98. The van der Waals surface area contributed by atoms with Crippen LogP contribution in [0.1, 0.15) is 21.5 Å². The van der Waals surface area contributed by atoms with Gasteiger partial charge in [-0.05, 0) is 55.3 Å². The number of rotatable bonds is 2. The number of anilines is 1. The molecule has 1 amide bonds. The molecule has 0 spiro atoms. The average Bonchev–Trinajstić information content (AvgIpc) is 2.36. The summed E-state index contributed by atoms with van der Waals surface area (Å²) >= 11 is 3.40. The number of phenols is 2. The number of nitrogens with one attached hydrogen (secondary N) is 1. The molecule has 2 aromatic carbocycles. The second kappa shape index (κ2) is 5.54. The molecule has 0 saturated carbocycles. The Kier molecular flexibility index (Phi) is 3.99. The molecular weight excluding hydrogens is 322 g/mol. The second-order valence-electron chi connectivity index (χ2n) is 4.57. The molecule has 0 bridgehead atoms. The van der Waals surface area contributed by atoms with Crippen molar-refractivity contribution in [3.63, 3.8) is 0 Å². The molecule has 0 aromatic heterocycles. The lowest BCUT2D eigenvalue weighted by Gasteiger charge is -2.12. The summed E-state index contributed by atoms with van der Waals surface area (Å²) in [5, 5.41) is 21.5. The van der Waals surface area contributed by atoms with E-state index in [0.29, 0.717) is 0 Å². The van der Waals surface area contributed by atoms with Gasteiger partial charge in [-0.2, -0.15) is 0 Å². The van der Waals surface area contributed by atoms with Gasteiger partial charge in [0.05, 0.1) is 0 Å². The molecule has 0 heterocycles. The Morgan fingerprint density at radius 2 is 1.65 bits per heavy atom. The third-order valence-corrected chi connectivity index (χ3v) is 3.43. The van der Waals surface area contributed by atoms with Gasteiger partial charge in [-0.25, -0.2) is 0 Å². The van der Waals surface area contributed by atoms with E-state index in [1.807, 2.05) is 26.0 Å². The average molecular weight is 336 g/mol. The molecule has 5 heteroatoms. The summed E-state index contributed by atoms with van der Waals surface area (Å²) < 4.78 is 0.952. The lowest BCUT2D eigenvalue weighted by Crippen LogP contribution is -2.13. The first-order valence-corrected chi connectivity index (χ1v) is 6.78. The highest BCUT2D eigenvalue weighted by molar-refractivity contribution is 9.10. The summed E-state index contributed by atoms with van der Waals surface area (Å²) in [6.07, 6.45) is 0. The molecule has 2 aromatic rings. The molecule has 20 heavy (non-hydrogen) atoms. The molecule has 4 nitrogen and oxygen atoms in total. The monoisotopic (exact) mass is 335 g/mol. The van der Waals surface area contributed by atoms with Gasteiger partial charge in [-0.15, -0.1) is 0 Å². The molecule has 104 valence electrons. The Balaban J connectivity index is 2.30. The van der Waals surface area contributed by atoms with E-state index in [4.69, 9.17) is 0 Å². The van der Waals surface area contributed by atoms with Crippen LogP contribution in [0.15, 0.2) is 34.8 Å². The highest BCUT2D eigenvalue weighted by Gasteiger charge is 2.12. The number of carbonyl (C=O) groups excluding carboxylic acids is 1. The fourth-order valence-electron chi connectivity index (χ4n) is 1.96. The predicted octanol–water partition coefficient (Wildman–Crippen LogP) is 3.73. The highest BCUT2D eigenvalue weighted by atomic mass is 79.9. The maximum absolute atomic E-state index is 12.2. The van der Waals surface area contributed by atoms with E-state index < -0.39 is 0 Å². The van der Waals surface area contributed by atoms with E-state index in [-0.39, 0.29) is 23.0 Å². The minimum atomic E-state index is -0.339. The van der Waals surface area contributed by atoms with Gasteiger partial charge in [0.15, 0.2) is 11.5 Å². The Labute approximate surface area is 125 Å². The summed E-state index contributed by atoms with van der Waals surface area (Å²) in [4.78, 5) is 12.2. The van der Waals surface area contributed by atoms with Crippen LogP contribution in [0.4, 0.5) is 5.69 Å². The molecule has 0 aliphatic carbocycles. The van der Waals surface area contributed by atoms with Crippen molar-refractivity contribution in [2.75, 3.05) is 5.32 Å². The van der Waals surface area contributed by atoms with Crippen LogP contribution in [0.3, 0.4) is 0 Å². The van der Waals surface area contributed by atoms with Crippen LogP contribution in [-0.4, -0.2) is 16.1 Å². The SMILES string of the molecule is Cc1cc(Br)cc(C)c1NC(=O)c1ccc(O)c(O)c1. The first kappa shape index (κ1) is 14.4. The summed E-state index contributed by atoms with van der Waals surface area (Å²) in [5.41, 5.74) is 2.90. The van der Waals surface area contributed by atoms with Gasteiger partial charge in [0.2, 0.25) is 0 Å². The maximum atomic E-state index is 12.2. The number of aromatic hydroxyl groups is 2. The summed E-state index contributed by atoms with van der Waals surface area (Å²) in [6, 6.07) is 7.79. The second-order valence-corrected chi connectivity index (χ2v) is 5.49. The number of amides is 1. The third kappa shape index (κ3) is 2.93. The Morgan fingerprint density at radius 1 is 1.05 bits per heavy atom. The van der Waals surface area contributed by atoms with Gasteiger partial charge in [-0.1, -0.05) is 15.9 Å². The molecule has 0 aliphatic heterocycles. The predicted molar refractivity (Wildman–Crippen MR) is 81.3 cm³/mol. The number of aryl methyl sites for hydroxylation is 2. The van der Waals surface area contributed by atoms with Gasteiger partial charge < -0.3 is 15.5 Å². The number of phenolic OH excluding ortho intramolecular Hbond substituents is 2. The zero-order valence-electron chi connectivity index (χ0n) is 11.1. The van der Waals surface area contributed by atoms with Crippen molar-refractivity contribution < 1.29 is 15.0 Å². The van der Waals surface area contributed by atoms with Crippen molar-refractivity contribution in [2.24, 2.45) is 0 Å². The van der Waals surface area contributed by atoms with Crippen molar-refractivity contribution in [2.45, 2.75) is 13.8 Å². The third-order valence-electron chi connectivity index (χ3n) is 2.97. The van der Waals surface area contributed by atoms with Crippen LogP contribution in [0, 0.1) is 13.8 Å². The highest BCUT2D eigenvalue weighted by Crippen LogP contribution is 2.28. The fourth-order valence-corrected chi connectivity index (χ4v) is 2.64. The van der Waals surface area contributed by atoms with Gasteiger partial charge in [-0.3, -0.25) is 4.79 Å². The minimum Gasteiger partial charge on any atom is -0.504 e. The quantitative estimate of drug-likeness (QED) is 0.732. The summed E-state index contributed by atoms with van der Waals surface area (Å²) in [7, 11) is 0. The van der Waals surface area contributed by atoms with E-state index in [1.165, 1.54) is 18.2 Å². The van der Waals surface area contributed by atoms with Gasteiger partial charge in [0, 0.05) is 15.7 Å². The van der Waals surface area contributed by atoms with Crippen molar-refractivity contribution in [1.29, 1.82) is 0 Å². The molecule has 0 unspecified atom stereocenters. The van der Waals surface area contributed by atoms with Crippen LogP contribution in [0.2, 0.25) is 0 Å². The van der Waals surface area contributed by atoms with Crippen molar-refractivity contribution >= 4 is 27.5 Å². The number of hydrogen-bond donors (Lipinski definition) is 3. The van der Waals surface area contributed by atoms with E-state index in [0.717, 1.165) is 21.3 Å². The van der Waals surface area contributed by atoms with Gasteiger partial charge in [0.25, 0.3) is 5.91 Å². The number of hydrogen-bond acceptors (Lipinski definition) is 3. The van der Waals surface area contributed by atoms with E-state index in [2.05, 4.69) is 21.2 Å². The number of benzene rings is 2. The molecular formula is C15H14BrNO3. The molecule has 0 radical (unpaired) electrons. The Bertz CT molecular complexity index is 660. The van der Waals surface area contributed by atoms with Crippen LogP contribution >= 0.6 is 15.9 Å².